The summed E-state index contributed by atoms with van der Waals surface area (Å²) in [6, 6.07) is 1.99. The first-order chi connectivity index (χ1) is 4.75. The zero-order valence-corrected chi connectivity index (χ0v) is 7.81. The third-order valence-electron chi connectivity index (χ3n) is 1.58. The Balaban J connectivity index is 2.82. The van der Waals surface area contributed by atoms with Crippen molar-refractivity contribution in [3.63, 3.8) is 0 Å². The van der Waals surface area contributed by atoms with Crippen LogP contribution in [0.5, 0.6) is 0 Å². The van der Waals surface area contributed by atoms with E-state index in [0.29, 0.717) is 5.92 Å². The summed E-state index contributed by atoms with van der Waals surface area (Å²) in [6.45, 7) is 4.21. The van der Waals surface area contributed by atoms with E-state index in [0.717, 1.165) is 11.1 Å². The Morgan fingerprint density at radius 1 is 1.70 bits per heavy atom. The molecule has 10 heavy (non-hydrogen) atoms. The Morgan fingerprint density at radius 3 is 2.80 bits per heavy atom. The van der Waals surface area contributed by atoms with Crippen molar-refractivity contribution < 1.29 is 4.42 Å². The average Bonchev–Trinajstić information content (AvgIpc) is 2.34. The Morgan fingerprint density at radius 2 is 2.40 bits per heavy atom. The van der Waals surface area contributed by atoms with Crippen molar-refractivity contribution in [1.29, 1.82) is 0 Å². The molecule has 0 N–H and O–H groups in total. The number of hydrogen-bond donors (Lipinski definition) is 0. The number of alkyl halides is 1. The van der Waals surface area contributed by atoms with Crippen LogP contribution in [-0.4, -0.2) is 5.33 Å². The van der Waals surface area contributed by atoms with Gasteiger partial charge in [0.1, 0.15) is 5.76 Å². The van der Waals surface area contributed by atoms with E-state index < -0.39 is 0 Å². The molecule has 1 aromatic rings. The molecule has 0 fully saturated rings. The zero-order chi connectivity index (χ0) is 7.56. The molecule has 1 unspecified atom stereocenters. The van der Waals surface area contributed by atoms with E-state index in [1.165, 1.54) is 5.56 Å². The van der Waals surface area contributed by atoms with E-state index in [1.807, 2.05) is 6.07 Å². The van der Waals surface area contributed by atoms with Crippen molar-refractivity contribution in [2.24, 2.45) is 0 Å². The Bertz CT molecular complexity index is 205. The highest BCUT2D eigenvalue weighted by Crippen LogP contribution is 2.21. The molecule has 2 heteroatoms. The minimum atomic E-state index is 0.481. The summed E-state index contributed by atoms with van der Waals surface area (Å²) in [6.07, 6.45) is 1.74. The van der Waals surface area contributed by atoms with Gasteiger partial charge in [0.15, 0.2) is 0 Å². The van der Waals surface area contributed by atoms with Gasteiger partial charge in [-0.2, -0.15) is 0 Å². The van der Waals surface area contributed by atoms with E-state index in [9.17, 15) is 0 Å². The summed E-state index contributed by atoms with van der Waals surface area (Å²) >= 11 is 3.41. The van der Waals surface area contributed by atoms with Crippen LogP contribution < -0.4 is 0 Å². The predicted molar refractivity (Wildman–Crippen MR) is 45.7 cm³/mol. The molecular formula is C8H11BrO. The smallest absolute Gasteiger partial charge is 0.110 e. The predicted octanol–water partition coefficient (Wildman–Crippen LogP) is 3.09. The van der Waals surface area contributed by atoms with E-state index in [4.69, 9.17) is 4.42 Å². The lowest BCUT2D eigenvalue weighted by Crippen LogP contribution is -1.93. The highest BCUT2D eigenvalue weighted by molar-refractivity contribution is 9.09. The van der Waals surface area contributed by atoms with Crippen LogP contribution in [0.25, 0.3) is 0 Å². The number of aryl methyl sites for hydroxylation is 1. The van der Waals surface area contributed by atoms with E-state index >= 15 is 0 Å². The first-order valence-corrected chi connectivity index (χ1v) is 4.47. The van der Waals surface area contributed by atoms with Gasteiger partial charge in [-0.15, -0.1) is 0 Å². The number of hydrogen-bond acceptors (Lipinski definition) is 1. The molecule has 1 nitrogen and oxygen atoms in total. The molecule has 0 saturated carbocycles. The topological polar surface area (TPSA) is 13.1 Å². The maximum atomic E-state index is 5.29. The van der Waals surface area contributed by atoms with Crippen molar-refractivity contribution >= 4 is 15.9 Å². The van der Waals surface area contributed by atoms with E-state index in [2.05, 4.69) is 29.8 Å². The lowest BCUT2D eigenvalue weighted by atomic mass is 10.1. The standard InChI is InChI=1S/C8H11BrO/c1-6-3-4-10-8(6)7(2)5-9/h3-4,7H,5H2,1-2H3. The van der Waals surface area contributed by atoms with Gasteiger partial charge in [-0.05, 0) is 18.6 Å². The number of rotatable bonds is 2. The normalized spacial score (nSPS) is 13.5. The van der Waals surface area contributed by atoms with Crippen LogP contribution in [0, 0.1) is 6.92 Å². The SMILES string of the molecule is Cc1ccoc1C(C)CBr. The van der Waals surface area contributed by atoms with Crippen LogP contribution in [-0.2, 0) is 0 Å². The van der Waals surface area contributed by atoms with Crippen molar-refractivity contribution in [3.8, 4) is 0 Å². The molecule has 0 spiro atoms. The fraction of sp³-hybridized carbons (Fsp3) is 0.500. The van der Waals surface area contributed by atoms with Crippen LogP contribution in [0.3, 0.4) is 0 Å². The summed E-state index contributed by atoms with van der Waals surface area (Å²) in [5, 5.41) is 0.960. The molecule has 0 aliphatic heterocycles. The first-order valence-electron chi connectivity index (χ1n) is 3.35. The fourth-order valence-corrected chi connectivity index (χ4v) is 1.25. The van der Waals surface area contributed by atoms with Gasteiger partial charge >= 0.3 is 0 Å². The van der Waals surface area contributed by atoms with Crippen LogP contribution in [0.15, 0.2) is 16.7 Å². The van der Waals surface area contributed by atoms with Gasteiger partial charge in [0.2, 0.25) is 0 Å². The van der Waals surface area contributed by atoms with Crippen molar-refractivity contribution in [3.05, 3.63) is 23.7 Å². The third kappa shape index (κ3) is 1.43. The molecule has 0 aliphatic rings. The molecule has 1 heterocycles. The summed E-state index contributed by atoms with van der Waals surface area (Å²) in [4.78, 5) is 0. The van der Waals surface area contributed by atoms with Crippen molar-refractivity contribution in [2.75, 3.05) is 5.33 Å². The third-order valence-corrected chi connectivity index (χ3v) is 2.55. The second kappa shape index (κ2) is 3.24. The molecule has 0 saturated heterocycles. The van der Waals surface area contributed by atoms with Gasteiger partial charge in [0.05, 0.1) is 6.26 Å². The summed E-state index contributed by atoms with van der Waals surface area (Å²) in [5.74, 6) is 1.58. The molecular weight excluding hydrogens is 192 g/mol. The summed E-state index contributed by atoms with van der Waals surface area (Å²) in [7, 11) is 0. The van der Waals surface area contributed by atoms with Gasteiger partial charge in [0, 0.05) is 11.2 Å². The second-order valence-electron chi connectivity index (χ2n) is 2.52. The van der Waals surface area contributed by atoms with Gasteiger partial charge in [-0.1, -0.05) is 22.9 Å². The fourth-order valence-electron chi connectivity index (χ4n) is 0.959. The van der Waals surface area contributed by atoms with Crippen LogP contribution in [0.1, 0.15) is 24.2 Å². The minimum Gasteiger partial charge on any atom is -0.469 e. The van der Waals surface area contributed by atoms with Crippen molar-refractivity contribution in [2.45, 2.75) is 19.8 Å². The van der Waals surface area contributed by atoms with E-state index in [-0.39, 0.29) is 0 Å². The molecule has 0 amide bonds. The van der Waals surface area contributed by atoms with Gasteiger partial charge in [0.25, 0.3) is 0 Å². The highest BCUT2D eigenvalue weighted by atomic mass is 79.9. The number of halogens is 1. The van der Waals surface area contributed by atoms with Gasteiger partial charge in [-0.3, -0.25) is 0 Å². The Hall–Kier alpha value is -0.240. The minimum absolute atomic E-state index is 0.481. The molecule has 0 aromatic carbocycles. The van der Waals surface area contributed by atoms with Crippen LogP contribution in [0.2, 0.25) is 0 Å². The molecule has 0 bridgehead atoms. The molecule has 0 aliphatic carbocycles. The summed E-state index contributed by atoms with van der Waals surface area (Å²) < 4.78 is 5.29. The lowest BCUT2D eigenvalue weighted by molar-refractivity contribution is 0.487. The zero-order valence-electron chi connectivity index (χ0n) is 6.23. The van der Waals surface area contributed by atoms with E-state index in [1.54, 1.807) is 6.26 Å². The maximum Gasteiger partial charge on any atom is 0.110 e. The maximum absolute atomic E-state index is 5.29. The molecule has 0 radical (unpaired) electrons. The number of furan rings is 1. The monoisotopic (exact) mass is 202 g/mol. The quantitative estimate of drug-likeness (QED) is 0.673. The molecule has 56 valence electrons. The first kappa shape index (κ1) is 7.86. The second-order valence-corrected chi connectivity index (χ2v) is 3.17. The van der Waals surface area contributed by atoms with Crippen LogP contribution in [0.4, 0.5) is 0 Å². The lowest BCUT2D eigenvalue weighted by Gasteiger charge is -2.03. The summed E-state index contributed by atoms with van der Waals surface area (Å²) in [5.41, 5.74) is 1.24. The average molecular weight is 203 g/mol. The van der Waals surface area contributed by atoms with Gasteiger partial charge < -0.3 is 4.42 Å². The molecule has 1 aromatic heterocycles. The largest absolute Gasteiger partial charge is 0.469 e. The van der Waals surface area contributed by atoms with Crippen LogP contribution >= 0.6 is 15.9 Å². The molecule has 1 rings (SSSR count). The Labute approximate surface area is 69.6 Å². The Kier molecular flexibility index (Phi) is 2.55. The highest BCUT2D eigenvalue weighted by Gasteiger charge is 2.09. The van der Waals surface area contributed by atoms with Crippen molar-refractivity contribution in [1.82, 2.24) is 0 Å². The van der Waals surface area contributed by atoms with Gasteiger partial charge in [-0.25, -0.2) is 0 Å². The molecule has 1 atom stereocenters.